The van der Waals surface area contributed by atoms with Crippen molar-refractivity contribution < 1.29 is 4.74 Å². The Balaban J connectivity index is 1.94. The zero-order chi connectivity index (χ0) is 14.7. The summed E-state index contributed by atoms with van der Waals surface area (Å²) in [6.07, 6.45) is 2.84. The van der Waals surface area contributed by atoms with Crippen molar-refractivity contribution in [2.24, 2.45) is 5.84 Å². The quantitative estimate of drug-likeness (QED) is 0.383. The van der Waals surface area contributed by atoms with Crippen LogP contribution in [0.15, 0.2) is 36.9 Å². The second-order valence-corrected chi connectivity index (χ2v) is 5.03. The first kappa shape index (κ1) is 13.6. The molecule has 3 rings (SSSR count). The molecular weight excluding hydrogens is 387 g/mol. The molecule has 21 heavy (non-hydrogen) atoms. The molecule has 0 atom stereocenters. The van der Waals surface area contributed by atoms with Gasteiger partial charge in [0.1, 0.15) is 18.4 Å². The average Bonchev–Trinajstić information content (AvgIpc) is 3.04. The van der Waals surface area contributed by atoms with Gasteiger partial charge in [-0.3, -0.25) is 5.43 Å². The molecule has 0 amide bonds. The van der Waals surface area contributed by atoms with Crippen LogP contribution in [0.5, 0.6) is 11.8 Å². The van der Waals surface area contributed by atoms with E-state index in [1.807, 2.05) is 24.3 Å². The Morgan fingerprint density at radius 1 is 1.14 bits per heavy atom. The monoisotopic (exact) mass is 396 g/mol. The number of anilines is 1. The molecule has 0 spiro atoms. The van der Waals surface area contributed by atoms with Crippen LogP contribution in [0.1, 0.15) is 0 Å². The SMILES string of the molecule is NNc1nc(Oc2ccc(I)cc2)nc(-n2cncn2)n1. The number of benzene rings is 1. The van der Waals surface area contributed by atoms with Crippen LogP contribution in [0.4, 0.5) is 5.95 Å². The minimum absolute atomic E-state index is 0.102. The second kappa shape index (κ2) is 5.97. The summed E-state index contributed by atoms with van der Waals surface area (Å²) in [4.78, 5) is 16.1. The van der Waals surface area contributed by atoms with Gasteiger partial charge in [0.15, 0.2) is 0 Å². The van der Waals surface area contributed by atoms with E-state index in [9.17, 15) is 0 Å². The van der Waals surface area contributed by atoms with Gasteiger partial charge in [-0.25, -0.2) is 10.8 Å². The molecule has 0 aliphatic carbocycles. The fraction of sp³-hybridized carbons (Fsp3) is 0. The summed E-state index contributed by atoms with van der Waals surface area (Å²) in [6, 6.07) is 7.56. The molecule has 3 N–H and O–H groups in total. The van der Waals surface area contributed by atoms with E-state index in [4.69, 9.17) is 10.6 Å². The second-order valence-electron chi connectivity index (χ2n) is 3.78. The third kappa shape index (κ3) is 3.22. The first-order valence-electron chi connectivity index (χ1n) is 5.76. The van der Waals surface area contributed by atoms with Gasteiger partial charge in [0.05, 0.1) is 0 Å². The van der Waals surface area contributed by atoms with Crippen molar-refractivity contribution in [1.29, 1.82) is 0 Å². The van der Waals surface area contributed by atoms with E-state index in [1.165, 1.54) is 17.3 Å². The van der Waals surface area contributed by atoms with Gasteiger partial charge in [0.2, 0.25) is 5.95 Å². The zero-order valence-electron chi connectivity index (χ0n) is 10.5. The number of nitrogens with one attached hydrogen (secondary N) is 1. The summed E-state index contributed by atoms with van der Waals surface area (Å²) in [5.41, 5.74) is 2.36. The fourth-order valence-corrected chi connectivity index (χ4v) is 1.84. The Morgan fingerprint density at radius 2 is 1.95 bits per heavy atom. The molecule has 2 heterocycles. The number of hydrogen-bond acceptors (Lipinski definition) is 8. The number of hydrogen-bond donors (Lipinski definition) is 2. The lowest BCUT2D eigenvalue weighted by molar-refractivity contribution is 0.438. The van der Waals surface area contributed by atoms with Gasteiger partial charge < -0.3 is 4.74 Å². The minimum atomic E-state index is 0.102. The fourth-order valence-electron chi connectivity index (χ4n) is 1.48. The Kier molecular flexibility index (Phi) is 3.87. The first-order valence-corrected chi connectivity index (χ1v) is 6.83. The van der Waals surface area contributed by atoms with Crippen molar-refractivity contribution >= 4 is 28.5 Å². The van der Waals surface area contributed by atoms with Crippen molar-refractivity contribution in [1.82, 2.24) is 29.7 Å². The zero-order valence-corrected chi connectivity index (χ0v) is 12.7. The Labute approximate surface area is 132 Å². The number of halogens is 1. The van der Waals surface area contributed by atoms with Crippen molar-refractivity contribution in [3.05, 3.63) is 40.5 Å². The molecule has 0 saturated carbocycles. The average molecular weight is 396 g/mol. The number of nitrogens with zero attached hydrogens (tertiary/aromatic N) is 6. The lowest BCUT2D eigenvalue weighted by Crippen LogP contribution is -2.14. The Bertz CT molecular complexity index is 730. The third-order valence-corrected chi connectivity index (χ3v) is 3.10. The lowest BCUT2D eigenvalue weighted by atomic mass is 10.3. The molecule has 0 aliphatic rings. The largest absolute Gasteiger partial charge is 0.424 e. The van der Waals surface area contributed by atoms with Crippen LogP contribution >= 0.6 is 22.6 Å². The molecule has 10 heteroatoms. The van der Waals surface area contributed by atoms with Gasteiger partial charge in [-0.15, -0.1) is 0 Å². The first-order chi connectivity index (χ1) is 10.2. The maximum Gasteiger partial charge on any atom is 0.328 e. The van der Waals surface area contributed by atoms with Crippen LogP contribution in [0, 0.1) is 3.57 Å². The highest BCUT2D eigenvalue weighted by atomic mass is 127. The summed E-state index contributed by atoms with van der Waals surface area (Å²) in [6.45, 7) is 0. The summed E-state index contributed by atoms with van der Waals surface area (Å²) >= 11 is 2.21. The van der Waals surface area contributed by atoms with E-state index in [-0.39, 0.29) is 17.9 Å². The maximum absolute atomic E-state index is 5.59. The van der Waals surface area contributed by atoms with Crippen LogP contribution < -0.4 is 16.0 Å². The van der Waals surface area contributed by atoms with Crippen LogP contribution in [-0.2, 0) is 0 Å². The van der Waals surface area contributed by atoms with Crippen LogP contribution in [-0.4, -0.2) is 29.7 Å². The van der Waals surface area contributed by atoms with Crippen LogP contribution in [0.3, 0.4) is 0 Å². The summed E-state index contributed by atoms with van der Waals surface area (Å²) < 4.78 is 8.07. The molecule has 1 aromatic carbocycles. The topological polar surface area (TPSA) is 117 Å². The van der Waals surface area contributed by atoms with Gasteiger partial charge in [0.25, 0.3) is 5.95 Å². The molecular formula is C11H9IN8O. The molecule has 0 bridgehead atoms. The normalized spacial score (nSPS) is 10.4. The molecule has 0 radical (unpaired) electrons. The molecule has 2 aromatic heterocycles. The van der Waals surface area contributed by atoms with E-state index in [2.05, 4.69) is 53.1 Å². The molecule has 0 unspecified atom stereocenters. The molecule has 0 aliphatic heterocycles. The number of nitrogen functional groups attached to an aromatic ring is 1. The summed E-state index contributed by atoms with van der Waals surface area (Å²) in [5, 5.41) is 3.95. The van der Waals surface area contributed by atoms with Gasteiger partial charge in [-0.05, 0) is 46.9 Å². The molecule has 106 valence electrons. The molecule has 9 nitrogen and oxygen atoms in total. The summed E-state index contributed by atoms with van der Waals surface area (Å²) in [7, 11) is 0. The smallest absolute Gasteiger partial charge is 0.328 e. The van der Waals surface area contributed by atoms with Crippen molar-refractivity contribution in [3.8, 4) is 17.7 Å². The number of nitrogens with two attached hydrogens (primary N) is 1. The van der Waals surface area contributed by atoms with Crippen molar-refractivity contribution in [3.63, 3.8) is 0 Å². The van der Waals surface area contributed by atoms with E-state index in [0.29, 0.717) is 5.75 Å². The third-order valence-electron chi connectivity index (χ3n) is 2.38. The lowest BCUT2D eigenvalue weighted by Gasteiger charge is -2.07. The highest BCUT2D eigenvalue weighted by Gasteiger charge is 2.10. The van der Waals surface area contributed by atoms with Gasteiger partial charge in [0, 0.05) is 3.57 Å². The van der Waals surface area contributed by atoms with E-state index in [1.54, 1.807) is 0 Å². The Hall–Kier alpha value is -2.34. The van der Waals surface area contributed by atoms with E-state index in [0.717, 1.165) is 3.57 Å². The van der Waals surface area contributed by atoms with Gasteiger partial charge in [-0.2, -0.15) is 24.7 Å². The van der Waals surface area contributed by atoms with Crippen LogP contribution in [0.25, 0.3) is 5.95 Å². The predicted molar refractivity (Wildman–Crippen MR) is 81.8 cm³/mol. The molecule has 0 saturated heterocycles. The van der Waals surface area contributed by atoms with E-state index >= 15 is 0 Å². The number of hydrazine groups is 1. The van der Waals surface area contributed by atoms with E-state index < -0.39 is 0 Å². The van der Waals surface area contributed by atoms with Crippen molar-refractivity contribution in [2.45, 2.75) is 0 Å². The molecule has 3 aromatic rings. The van der Waals surface area contributed by atoms with Gasteiger partial charge in [-0.1, -0.05) is 0 Å². The number of rotatable bonds is 4. The number of aromatic nitrogens is 6. The highest BCUT2D eigenvalue weighted by molar-refractivity contribution is 14.1. The standard InChI is InChI=1S/C11H9IN8O/c12-7-1-3-8(4-2-7)21-11-17-9(19-13)16-10(18-11)20-6-14-5-15-20/h1-6H,13H2,(H,16,17,18,19). The maximum atomic E-state index is 5.59. The molecule has 0 fully saturated rings. The Morgan fingerprint density at radius 3 is 2.62 bits per heavy atom. The predicted octanol–water partition coefficient (Wildman–Crippen LogP) is 1.13. The van der Waals surface area contributed by atoms with Crippen molar-refractivity contribution in [2.75, 3.05) is 5.43 Å². The summed E-state index contributed by atoms with van der Waals surface area (Å²) in [5.74, 6) is 6.36. The highest BCUT2D eigenvalue weighted by Crippen LogP contribution is 2.20. The van der Waals surface area contributed by atoms with Crippen LogP contribution in [0.2, 0.25) is 0 Å². The number of ether oxygens (including phenoxy) is 1. The minimum Gasteiger partial charge on any atom is -0.424 e. The van der Waals surface area contributed by atoms with Gasteiger partial charge >= 0.3 is 6.01 Å².